The second-order valence-electron chi connectivity index (χ2n) is 4.85. The maximum Gasteiger partial charge on any atom is 0.303 e. The highest BCUT2D eigenvalue weighted by Crippen LogP contribution is 2.26. The summed E-state index contributed by atoms with van der Waals surface area (Å²) in [4.78, 5) is 26.4. The average Bonchev–Trinajstić information content (AvgIpc) is 3.00. The molecule has 0 aliphatic heterocycles. The van der Waals surface area contributed by atoms with Crippen LogP contribution in [0.1, 0.15) is 26.2 Å². The zero-order valence-corrected chi connectivity index (χ0v) is 13.6. The minimum absolute atomic E-state index is 0.0618. The van der Waals surface area contributed by atoms with Gasteiger partial charge in [-0.1, -0.05) is 6.92 Å². The van der Waals surface area contributed by atoms with E-state index in [-0.39, 0.29) is 18.7 Å². The van der Waals surface area contributed by atoms with Gasteiger partial charge < -0.3 is 15.2 Å². The molecule has 0 aliphatic rings. The van der Waals surface area contributed by atoms with Crippen molar-refractivity contribution in [3.8, 4) is 17.0 Å². The van der Waals surface area contributed by atoms with Gasteiger partial charge in [0.1, 0.15) is 5.75 Å². The van der Waals surface area contributed by atoms with Crippen LogP contribution in [0.25, 0.3) is 11.3 Å². The first-order valence-electron chi connectivity index (χ1n) is 7.29. The molecule has 0 spiro atoms. The van der Waals surface area contributed by atoms with Crippen LogP contribution in [0.4, 0.5) is 5.13 Å². The third-order valence-corrected chi connectivity index (χ3v) is 3.70. The second kappa shape index (κ2) is 8.28. The number of benzene rings is 1. The third kappa shape index (κ3) is 5.37. The first-order chi connectivity index (χ1) is 11.1. The standard InChI is InChI=1S/C16H18N2O4S/c1-2-9-22-12-5-3-11(4-6-12)13-10-23-16(17-13)18-14(19)7-8-15(20)21/h3-6,10H,2,7-9H2,1H3,(H,20,21)(H,17,18,19). The normalized spacial score (nSPS) is 10.3. The fraction of sp³-hybridized carbons (Fsp3) is 0.312. The predicted molar refractivity (Wildman–Crippen MR) is 88.8 cm³/mol. The molecule has 6 nitrogen and oxygen atoms in total. The molecule has 2 aromatic rings. The van der Waals surface area contributed by atoms with Crippen LogP contribution in [0.2, 0.25) is 0 Å². The highest BCUT2D eigenvalue weighted by molar-refractivity contribution is 7.14. The van der Waals surface area contributed by atoms with E-state index in [1.807, 2.05) is 29.6 Å². The molecule has 1 aromatic heterocycles. The molecule has 0 saturated heterocycles. The Bertz CT molecular complexity index is 667. The zero-order chi connectivity index (χ0) is 16.7. The van der Waals surface area contributed by atoms with Gasteiger partial charge in [0.2, 0.25) is 5.91 Å². The lowest BCUT2D eigenvalue weighted by Crippen LogP contribution is -2.12. The summed E-state index contributed by atoms with van der Waals surface area (Å²) in [6, 6.07) is 7.59. The van der Waals surface area contributed by atoms with Crippen LogP contribution in [-0.2, 0) is 9.59 Å². The Balaban J connectivity index is 1.95. The number of hydrogen-bond donors (Lipinski definition) is 2. The van der Waals surface area contributed by atoms with E-state index < -0.39 is 5.97 Å². The molecule has 2 rings (SSSR count). The minimum Gasteiger partial charge on any atom is -0.494 e. The molecule has 0 bridgehead atoms. The molecule has 0 saturated carbocycles. The Labute approximate surface area is 138 Å². The van der Waals surface area contributed by atoms with E-state index in [1.54, 1.807) is 0 Å². The van der Waals surface area contributed by atoms with E-state index >= 15 is 0 Å². The predicted octanol–water partition coefficient (Wildman–Crippen LogP) is 3.40. The molecule has 1 amide bonds. The number of carbonyl (C=O) groups is 2. The van der Waals surface area contributed by atoms with Gasteiger partial charge in [0.05, 0.1) is 18.7 Å². The lowest BCUT2D eigenvalue weighted by atomic mass is 10.2. The summed E-state index contributed by atoms with van der Waals surface area (Å²) in [7, 11) is 0. The van der Waals surface area contributed by atoms with Crippen molar-refractivity contribution in [3.05, 3.63) is 29.6 Å². The Morgan fingerprint density at radius 1 is 1.26 bits per heavy atom. The number of carbonyl (C=O) groups excluding carboxylic acids is 1. The minimum atomic E-state index is -0.995. The maximum absolute atomic E-state index is 11.6. The van der Waals surface area contributed by atoms with Gasteiger partial charge >= 0.3 is 5.97 Å². The van der Waals surface area contributed by atoms with Crippen molar-refractivity contribution in [1.29, 1.82) is 0 Å². The maximum atomic E-state index is 11.6. The SMILES string of the molecule is CCCOc1ccc(-c2csc(NC(=O)CCC(=O)O)n2)cc1. The number of hydrogen-bond acceptors (Lipinski definition) is 5. The van der Waals surface area contributed by atoms with Gasteiger partial charge in [0, 0.05) is 17.4 Å². The summed E-state index contributed by atoms with van der Waals surface area (Å²) in [5, 5.41) is 13.5. The molecule has 0 radical (unpaired) electrons. The fourth-order valence-electron chi connectivity index (χ4n) is 1.81. The smallest absolute Gasteiger partial charge is 0.303 e. The summed E-state index contributed by atoms with van der Waals surface area (Å²) in [5.74, 6) is -0.532. The molecule has 1 heterocycles. The molecule has 7 heteroatoms. The number of anilines is 1. The third-order valence-electron chi connectivity index (χ3n) is 2.94. The van der Waals surface area contributed by atoms with Crippen LogP contribution in [0, 0.1) is 0 Å². The Morgan fingerprint density at radius 3 is 2.65 bits per heavy atom. The highest BCUT2D eigenvalue weighted by atomic mass is 32.1. The molecule has 2 N–H and O–H groups in total. The number of amides is 1. The Hall–Kier alpha value is -2.41. The first-order valence-corrected chi connectivity index (χ1v) is 8.17. The van der Waals surface area contributed by atoms with E-state index in [1.165, 1.54) is 11.3 Å². The van der Waals surface area contributed by atoms with Crippen LogP contribution >= 0.6 is 11.3 Å². The first kappa shape index (κ1) is 17.0. The van der Waals surface area contributed by atoms with Gasteiger partial charge in [-0.2, -0.15) is 0 Å². The summed E-state index contributed by atoms with van der Waals surface area (Å²) < 4.78 is 5.53. The van der Waals surface area contributed by atoms with Crippen molar-refractivity contribution >= 4 is 28.3 Å². The van der Waals surface area contributed by atoms with E-state index in [0.717, 1.165) is 23.4 Å². The van der Waals surface area contributed by atoms with E-state index in [2.05, 4.69) is 17.2 Å². The second-order valence-corrected chi connectivity index (χ2v) is 5.71. The van der Waals surface area contributed by atoms with E-state index in [0.29, 0.717) is 11.7 Å². The van der Waals surface area contributed by atoms with Crippen molar-refractivity contribution < 1.29 is 19.4 Å². The largest absolute Gasteiger partial charge is 0.494 e. The molecule has 1 aromatic carbocycles. The summed E-state index contributed by atoms with van der Waals surface area (Å²) in [5.41, 5.74) is 1.68. The molecule has 0 aliphatic carbocycles. The molecular weight excluding hydrogens is 316 g/mol. The van der Waals surface area contributed by atoms with Crippen molar-refractivity contribution in [2.24, 2.45) is 0 Å². The van der Waals surface area contributed by atoms with Gasteiger partial charge in [0.15, 0.2) is 5.13 Å². The van der Waals surface area contributed by atoms with E-state index in [4.69, 9.17) is 9.84 Å². The topological polar surface area (TPSA) is 88.5 Å². The van der Waals surface area contributed by atoms with Gasteiger partial charge in [-0.3, -0.25) is 9.59 Å². The van der Waals surface area contributed by atoms with Crippen molar-refractivity contribution in [3.63, 3.8) is 0 Å². The van der Waals surface area contributed by atoms with Crippen LogP contribution in [-0.4, -0.2) is 28.6 Å². The van der Waals surface area contributed by atoms with Crippen LogP contribution < -0.4 is 10.1 Å². The molecule has 23 heavy (non-hydrogen) atoms. The van der Waals surface area contributed by atoms with Gasteiger partial charge in [-0.05, 0) is 30.7 Å². The van der Waals surface area contributed by atoms with Gasteiger partial charge in [0.25, 0.3) is 0 Å². The van der Waals surface area contributed by atoms with Crippen molar-refractivity contribution in [2.45, 2.75) is 26.2 Å². The molecule has 0 fully saturated rings. The van der Waals surface area contributed by atoms with Gasteiger partial charge in [-0.25, -0.2) is 4.98 Å². The summed E-state index contributed by atoms with van der Waals surface area (Å²) in [6.45, 7) is 2.73. The summed E-state index contributed by atoms with van der Waals surface area (Å²) in [6.07, 6.45) is 0.704. The number of thiazole rings is 1. The monoisotopic (exact) mass is 334 g/mol. The Kier molecular flexibility index (Phi) is 6.10. The number of rotatable bonds is 8. The molecule has 122 valence electrons. The summed E-state index contributed by atoms with van der Waals surface area (Å²) >= 11 is 1.30. The van der Waals surface area contributed by atoms with Crippen LogP contribution in [0.3, 0.4) is 0 Å². The highest BCUT2D eigenvalue weighted by Gasteiger charge is 2.09. The zero-order valence-electron chi connectivity index (χ0n) is 12.7. The van der Waals surface area contributed by atoms with Crippen molar-refractivity contribution in [1.82, 2.24) is 4.98 Å². The van der Waals surface area contributed by atoms with Crippen LogP contribution in [0.5, 0.6) is 5.75 Å². The van der Waals surface area contributed by atoms with E-state index in [9.17, 15) is 9.59 Å². The number of aromatic nitrogens is 1. The van der Waals surface area contributed by atoms with Crippen LogP contribution in [0.15, 0.2) is 29.6 Å². The lowest BCUT2D eigenvalue weighted by molar-refractivity contribution is -0.138. The Morgan fingerprint density at radius 2 is 2.00 bits per heavy atom. The molecular formula is C16H18N2O4S. The number of aliphatic carboxylic acids is 1. The number of nitrogens with one attached hydrogen (secondary N) is 1. The number of nitrogens with zero attached hydrogens (tertiary/aromatic N) is 1. The van der Waals surface area contributed by atoms with Gasteiger partial charge in [-0.15, -0.1) is 11.3 Å². The van der Waals surface area contributed by atoms with Crippen molar-refractivity contribution in [2.75, 3.05) is 11.9 Å². The molecule has 0 unspecified atom stereocenters. The number of ether oxygens (including phenoxy) is 1. The quantitative estimate of drug-likeness (QED) is 0.772. The average molecular weight is 334 g/mol. The number of carboxylic acids is 1. The fourth-order valence-corrected chi connectivity index (χ4v) is 2.54. The number of carboxylic acid groups (broad SMARTS) is 1. The molecule has 0 atom stereocenters. The lowest BCUT2D eigenvalue weighted by Gasteiger charge is -2.04.